The minimum atomic E-state index is -0.0142. The summed E-state index contributed by atoms with van der Waals surface area (Å²) in [6.45, 7) is 7.70. The zero-order chi connectivity index (χ0) is 10.4. The van der Waals surface area contributed by atoms with E-state index in [1.165, 1.54) is 12.8 Å². The average molecular weight is 236 g/mol. The van der Waals surface area contributed by atoms with Crippen molar-refractivity contribution in [3.8, 4) is 0 Å². The summed E-state index contributed by atoms with van der Waals surface area (Å²) in [6, 6.07) is 0. The summed E-state index contributed by atoms with van der Waals surface area (Å²) in [4.78, 5) is 13.5. The van der Waals surface area contributed by atoms with Crippen molar-refractivity contribution in [1.29, 1.82) is 0 Å². The number of ether oxygens (including phenoxy) is 1. The quantitative estimate of drug-likeness (QED) is 0.633. The highest BCUT2D eigenvalue weighted by molar-refractivity contribution is 5.85. The van der Waals surface area contributed by atoms with Gasteiger partial charge in [-0.3, -0.25) is 4.79 Å². The van der Waals surface area contributed by atoms with Gasteiger partial charge in [-0.1, -0.05) is 13.8 Å². The van der Waals surface area contributed by atoms with Crippen LogP contribution in [0.4, 0.5) is 0 Å². The van der Waals surface area contributed by atoms with Crippen LogP contribution < -0.4 is 0 Å². The first-order valence-corrected chi connectivity index (χ1v) is 5.64. The number of likely N-dealkylation sites (N-methyl/N-ethyl adjacent to an activating group) is 1. The predicted octanol–water partition coefficient (Wildman–Crippen LogP) is 2.09. The molecule has 0 saturated heterocycles. The number of halogens is 1. The lowest BCUT2D eigenvalue weighted by Crippen LogP contribution is -2.27. The van der Waals surface area contributed by atoms with Gasteiger partial charge in [0.05, 0.1) is 0 Å². The lowest BCUT2D eigenvalue weighted by atomic mass is 10.3. The molecule has 0 amide bonds. The second kappa shape index (κ2) is 7.94. The van der Waals surface area contributed by atoms with E-state index in [4.69, 9.17) is 4.74 Å². The minimum Gasteiger partial charge on any atom is -0.464 e. The first kappa shape index (κ1) is 14.7. The molecule has 0 aromatic rings. The summed E-state index contributed by atoms with van der Waals surface area (Å²) >= 11 is 0. The van der Waals surface area contributed by atoms with Crippen molar-refractivity contribution in [2.75, 3.05) is 26.2 Å². The van der Waals surface area contributed by atoms with Gasteiger partial charge in [-0.15, -0.1) is 12.4 Å². The summed E-state index contributed by atoms with van der Waals surface area (Å²) in [6.07, 6.45) is 3.06. The highest BCUT2D eigenvalue weighted by Gasteiger charge is 2.24. The van der Waals surface area contributed by atoms with Crippen LogP contribution in [-0.2, 0) is 9.53 Å². The Morgan fingerprint density at radius 1 is 1.33 bits per heavy atom. The Bertz CT molecular complexity index is 179. The topological polar surface area (TPSA) is 29.5 Å². The van der Waals surface area contributed by atoms with Crippen LogP contribution >= 0.6 is 12.4 Å². The summed E-state index contributed by atoms with van der Waals surface area (Å²) in [5.74, 6) is 0.621. The molecule has 3 nitrogen and oxygen atoms in total. The zero-order valence-corrected chi connectivity index (χ0v) is 10.5. The van der Waals surface area contributed by atoms with Crippen molar-refractivity contribution in [1.82, 2.24) is 4.90 Å². The molecule has 0 atom stereocenters. The maximum Gasteiger partial charge on any atom is 0.306 e. The van der Waals surface area contributed by atoms with Crippen molar-refractivity contribution < 1.29 is 9.53 Å². The summed E-state index contributed by atoms with van der Waals surface area (Å²) < 4.78 is 5.15. The van der Waals surface area contributed by atoms with Crippen LogP contribution in [0.2, 0.25) is 0 Å². The molecule has 1 rings (SSSR count). The third-order valence-electron chi connectivity index (χ3n) is 2.72. The molecule has 4 heteroatoms. The summed E-state index contributed by atoms with van der Waals surface area (Å²) in [5, 5.41) is 0. The SMILES string of the molecule is CCN(CC)CCOC(=O)CC1CC1.Cl. The van der Waals surface area contributed by atoms with Crippen LogP contribution in [-0.4, -0.2) is 37.1 Å². The molecule has 0 unspecified atom stereocenters. The molecule has 1 saturated carbocycles. The first-order chi connectivity index (χ1) is 6.76. The molecule has 0 spiro atoms. The Balaban J connectivity index is 0.00000196. The largest absolute Gasteiger partial charge is 0.464 e. The van der Waals surface area contributed by atoms with Crippen LogP contribution in [0.3, 0.4) is 0 Å². The van der Waals surface area contributed by atoms with E-state index in [-0.39, 0.29) is 18.4 Å². The molecule has 90 valence electrons. The normalized spacial score (nSPS) is 14.9. The fourth-order valence-electron chi connectivity index (χ4n) is 1.45. The molecule has 0 N–H and O–H groups in total. The monoisotopic (exact) mass is 235 g/mol. The second-order valence-electron chi connectivity index (χ2n) is 3.89. The number of carbonyl (C=O) groups is 1. The molecule has 1 aliphatic carbocycles. The molecule has 0 aromatic carbocycles. The van der Waals surface area contributed by atoms with Crippen LogP contribution in [0, 0.1) is 5.92 Å². The molecule has 15 heavy (non-hydrogen) atoms. The number of esters is 1. The van der Waals surface area contributed by atoms with Crippen LogP contribution in [0.5, 0.6) is 0 Å². The zero-order valence-electron chi connectivity index (χ0n) is 9.70. The molecule has 0 aliphatic heterocycles. The second-order valence-corrected chi connectivity index (χ2v) is 3.89. The lowest BCUT2D eigenvalue weighted by Gasteiger charge is -2.17. The Labute approximate surface area is 98.6 Å². The molecule has 0 radical (unpaired) electrons. The third-order valence-corrected chi connectivity index (χ3v) is 2.72. The molecule has 1 fully saturated rings. The van der Waals surface area contributed by atoms with Gasteiger partial charge in [0.15, 0.2) is 0 Å². The Morgan fingerprint density at radius 2 is 1.93 bits per heavy atom. The Hall–Kier alpha value is -0.280. The highest BCUT2D eigenvalue weighted by Crippen LogP contribution is 2.32. The fraction of sp³-hybridized carbons (Fsp3) is 0.909. The van der Waals surface area contributed by atoms with E-state index in [0.29, 0.717) is 18.9 Å². The maximum absolute atomic E-state index is 11.2. The van der Waals surface area contributed by atoms with Crippen molar-refractivity contribution in [3.63, 3.8) is 0 Å². The Kier molecular flexibility index (Phi) is 7.79. The fourth-order valence-corrected chi connectivity index (χ4v) is 1.45. The van der Waals surface area contributed by atoms with E-state index < -0.39 is 0 Å². The van der Waals surface area contributed by atoms with Crippen molar-refractivity contribution in [3.05, 3.63) is 0 Å². The van der Waals surface area contributed by atoms with Gasteiger partial charge in [0.1, 0.15) is 6.61 Å². The first-order valence-electron chi connectivity index (χ1n) is 5.64. The van der Waals surface area contributed by atoms with Crippen molar-refractivity contribution in [2.45, 2.75) is 33.1 Å². The van der Waals surface area contributed by atoms with Gasteiger partial charge in [-0.2, -0.15) is 0 Å². The maximum atomic E-state index is 11.2. The molecular formula is C11H22ClNO2. The van der Waals surface area contributed by atoms with Crippen molar-refractivity contribution >= 4 is 18.4 Å². The number of hydrogen-bond donors (Lipinski definition) is 0. The lowest BCUT2D eigenvalue weighted by molar-refractivity contribution is -0.144. The molecule has 0 bridgehead atoms. The van der Waals surface area contributed by atoms with Gasteiger partial charge in [0.2, 0.25) is 0 Å². The smallest absolute Gasteiger partial charge is 0.306 e. The van der Waals surface area contributed by atoms with Crippen LogP contribution in [0.15, 0.2) is 0 Å². The van der Waals surface area contributed by atoms with E-state index in [1.54, 1.807) is 0 Å². The highest BCUT2D eigenvalue weighted by atomic mass is 35.5. The van der Waals surface area contributed by atoms with E-state index in [1.807, 2.05) is 0 Å². The molecule has 0 aromatic heterocycles. The molecule has 1 aliphatic rings. The number of nitrogens with zero attached hydrogens (tertiary/aromatic N) is 1. The van der Waals surface area contributed by atoms with Gasteiger partial charge in [0.25, 0.3) is 0 Å². The standard InChI is InChI=1S/C11H21NO2.ClH/c1-3-12(4-2)7-8-14-11(13)9-10-5-6-10;/h10H,3-9H2,1-2H3;1H. The third kappa shape index (κ3) is 6.74. The average Bonchev–Trinajstić information content (AvgIpc) is 2.96. The van der Waals surface area contributed by atoms with E-state index in [9.17, 15) is 4.79 Å². The van der Waals surface area contributed by atoms with E-state index in [0.717, 1.165) is 19.6 Å². The van der Waals surface area contributed by atoms with Gasteiger partial charge in [-0.25, -0.2) is 0 Å². The van der Waals surface area contributed by atoms with E-state index in [2.05, 4.69) is 18.7 Å². The number of carbonyl (C=O) groups excluding carboxylic acids is 1. The van der Waals surface area contributed by atoms with Crippen molar-refractivity contribution in [2.24, 2.45) is 5.92 Å². The van der Waals surface area contributed by atoms with Gasteiger partial charge in [0, 0.05) is 13.0 Å². The molecular weight excluding hydrogens is 214 g/mol. The molecule has 0 heterocycles. The Morgan fingerprint density at radius 3 is 2.40 bits per heavy atom. The van der Waals surface area contributed by atoms with Gasteiger partial charge < -0.3 is 9.64 Å². The van der Waals surface area contributed by atoms with Gasteiger partial charge >= 0.3 is 5.97 Å². The number of hydrogen-bond acceptors (Lipinski definition) is 3. The predicted molar refractivity (Wildman–Crippen MR) is 63.3 cm³/mol. The number of rotatable bonds is 7. The minimum absolute atomic E-state index is 0. The summed E-state index contributed by atoms with van der Waals surface area (Å²) in [7, 11) is 0. The van der Waals surface area contributed by atoms with Crippen LogP contribution in [0.1, 0.15) is 33.1 Å². The summed E-state index contributed by atoms with van der Waals surface area (Å²) in [5.41, 5.74) is 0. The van der Waals surface area contributed by atoms with E-state index >= 15 is 0 Å². The van der Waals surface area contributed by atoms with Gasteiger partial charge in [-0.05, 0) is 31.8 Å². The van der Waals surface area contributed by atoms with Crippen LogP contribution in [0.25, 0.3) is 0 Å².